The third-order valence-electron chi connectivity index (χ3n) is 6.18. The van der Waals surface area contributed by atoms with E-state index >= 15 is 0 Å². The van der Waals surface area contributed by atoms with Gasteiger partial charge in [0.05, 0.1) is 5.56 Å². The van der Waals surface area contributed by atoms with Gasteiger partial charge in [0.1, 0.15) is 5.69 Å². The smallest absolute Gasteiger partial charge is 0.347 e. The highest BCUT2D eigenvalue weighted by Gasteiger charge is 2.52. The molecule has 158 valence electrons. The molecule has 0 radical (unpaired) electrons. The molecule has 2 aliphatic rings. The number of amides is 2. The first-order valence-corrected chi connectivity index (χ1v) is 9.94. The molecule has 4 rings (SSSR count). The summed E-state index contributed by atoms with van der Waals surface area (Å²) in [6, 6.07) is 9.57. The molecule has 2 aromatic rings. The van der Waals surface area contributed by atoms with Crippen molar-refractivity contribution in [3.8, 4) is 0 Å². The third kappa shape index (κ3) is 4.04. The Morgan fingerprint density at radius 1 is 0.900 bits per heavy atom. The van der Waals surface area contributed by atoms with Crippen LogP contribution in [0.4, 0.5) is 13.2 Å². The van der Waals surface area contributed by atoms with Crippen molar-refractivity contribution >= 4 is 11.8 Å². The predicted molar refractivity (Wildman–Crippen MR) is 104 cm³/mol. The van der Waals surface area contributed by atoms with Gasteiger partial charge in [-0.3, -0.25) is 14.6 Å². The van der Waals surface area contributed by atoms with Crippen LogP contribution in [0.3, 0.4) is 0 Å². The molecule has 2 fully saturated rings. The summed E-state index contributed by atoms with van der Waals surface area (Å²) in [5.74, 6) is -0.771. The van der Waals surface area contributed by atoms with Gasteiger partial charge >= 0.3 is 6.18 Å². The zero-order valence-corrected chi connectivity index (χ0v) is 16.3. The lowest BCUT2D eigenvalue weighted by atomic mass is 9.78. The summed E-state index contributed by atoms with van der Waals surface area (Å²) < 4.78 is 38.9. The Balaban J connectivity index is 1.48. The molecule has 0 spiro atoms. The lowest BCUT2D eigenvalue weighted by Gasteiger charge is -2.40. The molecule has 2 amide bonds. The molecule has 2 aliphatic carbocycles. The van der Waals surface area contributed by atoms with E-state index in [1.165, 1.54) is 12.1 Å². The molecule has 2 bridgehead atoms. The lowest BCUT2D eigenvalue weighted by molar-refractivity contribution is -0.137. The van der Waals surface area contributed by atoms with E-state index in [1.54, 1.807) is 24.4 Å². The summed E-state index contributed by atoms with van der Waals surface area (Å²) in [6.07, 6.45) is 1.33. The Hall–Kier alpha value is -2.90. The number of pyridine rings is 1. The Kier molecular flexibility index (Phi) is 5.03. The molecular weight excluding hydrogens is 395 g/mol. The molecule has 0 unspecified atom stereocenters. The van der Waals surface area contributed by atoms with E-state index in [4.69, 9.17) is 0 Å². The van der Waals surface area contributed by atoms with E-state index < -0.39 is 28.7 Å². The number of aromatic nitrogens is 1. The minimum absolute atomic E-state index is 0.0141. The largest absolute Gasteiger partial charge is 0.416 e. The second-order valence-corrected chi connectivity index (χ2v) is 8.29. The van der Waals surface area contributed by atoms with E-state index in [9.17, 15) is 22.8 Å². The van der Waals surface area contributed by atoms with Crippen molar-refractivity contribution in [3.05, 3.63) is 65.5 Å². The summed E-state index contributed by atoms with van der Waals surface area (Å²) in [4.78, 5) is 29.4. The summed E-state index contributed by atoms with van der Waals surface area (Å²) in [6.45, 7) is 0. The normalized spacial score (nSPS) is 25.6. The first-order valence-electron chi connectivity index (χ1n) is 9.94. The van der Waals surface area contributed by atoms with Gasteiger partial charge in [0.15, 0.2) is 0 Å². The van der Waals surface area contributed by atoms with E-state index in [-0.39, 0.29) is 11.5 Å². The maximum absolute atomic E-state index is 13.0. The number of nitrogens with zero attached hydrogens (tertiary/aromatic N) is 1. The number of alkyl halides is 3. The maximum atomic E-state index is 13.0. The molecule has 1 aromatic carbocycles. The van der Waals surface area contributed by atoms with Gasteiger partial charge in [-0.15, -0.1) is 0 Å². The molecule has 2 atom stereocenters. The van der Waals surface area contributed by atoms with Crippen molar-refractivity contribution in [1.29, 1.82) is 0 Å². The summed E-state index contributed by atoms with van der Waals surface area (Å²) in [5, 5.41) is 6.09. The summed E-state index contributed by atoms with van der Waals surface area (Å²) in [7, 11) is 0. The number of carbonyl (C=O) groups is 2. The number of hydrogen-bond acceptors (Lipinski definition) is 3. The van der Waals surface area contributed by atoms with Crippen LogP contribution in [0.15, 0.2) is 48.7 Å². The highest BCUT2D eigenvalue weighted by Crippen LogP contribution is 2.48. The molecule has 2 N–H and O–H groups in total. The molecule has 0 aliphatic heterocycles. The Bertz CT molecular complexity index is 964. The SMILES string of the molecule is O=C(N[C@]12CCC[C@](NC(=O)c3ccccn3)(CC1)C2)c1cccc(C(F)(F)F)c1. The summed E-state index contributed by atoms with van der Waals surface area (Å²) in [5.41, 5.74) is -1.49. The van der Waals surface area contributed by atoms with Crippen molar-refractivity contribution in [2.24, 2.45) is 0 Å². The molecular formula is C22H22F3N3O2. The van der Waals surface area contributed by atoms with Crippen LogP contribution < -0.4 is 10.6 Å². The van der Waals surface area contributed by atoms with Crippen LogP contribution in [-0.2, 0) is 6.18 Å². The molecule has 8 heteroatoms. The molecule has 5 nitrogen and oxygen atoms in total. The van der Waals surface area contributed by atoms with Crippen LogP contribution in [0.2, 0.25) is 0 Å². The quantitative estimate of drug-likeness (QED) is 0.787. The second kappa shape index (κ2) is 7.41. The Morgan fingerprint density at radius 3 is 2.23 bits per heavy atom. The fraction of sp³-hybridized carbons (Fsp3) is 0.409. The van der Waals surface area contributed by atoms with Gasteiger partial charge in [-0.1, -0.05) is 12.1 Å². The van der Waals surface area contributed by atoms with Crippen LogP contribution in [0.1, 0.15) is 64.9 Å². The molecule has 1 heterocycles. The lowest BCUT2D eigenvalue weighted by Crippen LogP contribution is -2.55. The van der Waals surface area contributed by atoms with Crippen LogP contribution in [0.25, 0.3) is 0 Å². The average Bonchev–Trinajstić information content (AvgIpc) is 2.97. The van der Waals surface area contributed by atoms with E-state index in [2.05, 4.69) is 15.6 Å². The maximum Gasteiger partial charge on any atom is 0.416 e. The molecule has 30 heavy (non-hydrogen) atoms. The van der Waals surface area contributed by atoms with E-state index in [0.29, 0.717) is 25.0 Å². The highest BCUT2D eigenvalue weighted by atomic mass is 19.4. The van der Waals surface area contributed by atoms with Crippen molar-refractivity contribution in [1.82, 2.24) is 15.6 Å². The molecule has 2 saturated carbocycles. The van der Waals surface area contributed by atoms with Crippen LogP contribution in [0.5, 0.6) is 0 Å². The molecule has 0 saturated heterocycles. The van der Waals surface area contributed by atoms with Crippen LogP contribution in [-0.4, -0.2) is 27.9 Å². The van der Waals surface area contributed by atoms with Gasteiger partial charge in [0.2, 0.25) is 0 Å². The van der Waals surface area contributed by atoms with E-state index in [1.807, 2.05) is 0 Å². The Labute approximate surface area is 172 Å². The minimum atomic E-state index is -4.50. The fourth-order valence-corrected chi connectivity index (χ4v) is 4.79. The number of halogens is 3. The summed E-state index contributed by atoms with van der Waals surface area (Å²) >= 11 is 0. The van der Waals surface area contributed by atoms with Crippen molar-refractivity contribution in [2.75, 3.05) is 0 Å². The second-order valence-electron chi connectivity index (χ2n) is 8.29. The number of rotatable bonds is 4. The number of hydrogen-bond donors (Lipinski definition) is 2. The van der Waals surface area contributed by atoms with Crippen molar-refractivity contribution < 1.29 is 22.8 Å². The fourth-order valence-electron chi connectivity index (χ4n) is 4.79. The van der Waals surface area contributed by atoms with Gasteiger partial charge in [0, 0.05) is 22.8 Å². The van der Waals surface area contributed by atoms with Crippen molar-refractivity contribution in [3.63, 3.8) is 0 Å². The topological polar surface area (TPSA) is 71.1 Å². The number of fused-ring (bicyclic) bond motifs is 2. The minimum Gasteiger partial charge on any atom is -0.347 e. The van der Waals surface area contributed by atoms with Gasteiger partial charge in [-0.25, -0.2) is 0 Å². The number of benzene rings is 1. The zero-order valence-electron chi connectivity index (χ0n) is 16.3. The monoisotopic (exact) mass is 417 g/mol. The first kappa shape index (κ1) is 20.4. The van der Waals surface area contributed by atoms with Gasteiger partial charge in [-0.2, -0.15) is 13.2 Å². The predicted octanol–water partition coefficient (Wildman–Crippen LogP) is 4.11. The zero-order chi connectivity index (χ0) is 21.4. The van der Waals surface area contributed by atoms with Crippen LogP contribution in [0, 0.1) is 0 Å². The standard InChI is InChI=1S/C22H22F3N3O2/c23-22(24,25)16-6-3-5-15(13-16)18(29)27-20-8-4-9-21(14-20,11-10-20)28-19(30)17-7-1-2-12-26-17/h1-3,5-7,12-13H,4,8-11,14H2,(H,27,29)(H,28,30)/t20-,21+/m1/s1. The number of carbonyl (C=O) groups excluding carboxylic acids is 2. The van der Waals surface area contributed by atoms with Crippen LogP contribution >= 0.6 is 0 Å². The van der Waals surface area contributed by atoms with Crippen molar-refractivity contribution in [2.45, 2.75) is 55.8 Å². The first-order chi connectivity index (χ1) is 14.2. The highest BCUT2D eigenvalue weighted by molar-refractivity contribution is 5.95. The van der Waals surface area contributed by atoms with Gasteiger partial charge < -0.3 is 10.6 Å². The number of nitrogens with one attached hydrogen (secondary N) is 2. The molecule has 1 aromatic heterocycles. The average molecular weight is 417 g/mol. The van der Waals surface area contributed by atoms with E-state index in [0.717, 1.165) is 31.4 Å². The van der Waals surface area contributed by atoms with Gasteiger partial charge in [-0.05, 0) is 68.9 Å². The van der Waals surface area contributed by atoms with Gasteiger partial charge in [0.25, 0.3) is 11.8 Å². The Morgan fingerprint density at radius 2 is 1.60 bits per heavy atom. The third-order valence-corrected chi connectivity index (χ3v) is 6.18.